The van der Waals surface area contributed by atoms with Gasteiger partial charge >= 0.3 is 0 Å². The quantitative estimate of drug-likeness (QED) is 0.680. The Balaban J connectivity index is 0.00000180. The Bertz CT molecular complexity index is 586. The standard InChI is InChI=1S/C12H11ClN3O2.Y/c1-7-3-4-9(8(2)5-7)12(17)14-11-10(6-13)15-18-16-11;/h3-4H,6H2,1-2H3,(H,14,16,17);/q-1;. The summed E-state index contributed by atoms with van der Waals surface area (Å²) < 4.78 is 4.52. The van der Waals surface area contributed by atoms with E-state index in [1.54, 1.807) is 6.07 Å². The van der Waals surface area contributed by atoms with Gasteiger partial charge in [0.25, 0.3) is 0 Å². The van der Waals surface area contributed by atoms with Crippen molar-refractivity contribution in [2.45, 2.75) is 19.7 Å². The predicted octanol–water partition coefficient (Wildman–Crippen LogP) is 2.48. The van der Waals surface area contributed by atoms with Crippen LogP contribution in [-0.2, 0) is 38.6 Å². The van der Waals surface area contributed by atoms with E-state index >= 15 is 0 Å². The smallest absolute Gasteiger partial charge is 0.201 e. The number of rotatable bonds is 3. The SMILES string of the molecule is Cc1[c-]c(C)c(C(=O)Nc2nonc2CCl)cc1.[Y]. The van der Waals surface area contributed by atoms with Gasteiger partial charge in [-0.2, -0.15) is 29.3 Å². The van der Waals surface area contributed by atoms with Crippen molar-refractivity contribution in [2.75, 3.05) is 5.32 Å². The molecule has 1 N–H and O–H groups in total. The number of benzene rings is 1. The molecule has 1 aromatic carbocycles. The van der Waals surface area contributed by atoms with Gasteiger partial charge in [0, 0.05) is 32.7 Å². The Labute approximate surface area is 140 Å². The number of nitrogens with zero attached hydrogens (tertiary/aromatic N) is 2. The fraction of sp³-hybridized carbons (Fsp3) is 0.250. The van der Waals surface area contributed by atoms with Gasteiger partial charge in [0.15, 0.2) is 0 Å². The van der Waals surface area contributed by atoms with E-state index < -0.39 is 0 Å². The predicted molar refractivity (Wildman–Crippen MR) is 66.6 cm³/mol. The number of hydrogen-bond acceptors (Lipinski definition) is 4. The second-order valence-electron chi connectivity index (χ2n) is 3.83. The van der Waals surface area contributed by atoms with Crippen molar-refractivity contribution in [3.05, 3.63) is 40.6 Å². The van der Waals surface area contributed by atoms with E-state index in [0.717, 1.165) is 11.1 Å². The number of anilines is 1. The van der Waals surface area contributed by atoms with Crippen LogP contribution in [0.15, 0.2) is 16.8 Å². The average Bonchev–Trinajstić information content (AvgIpc) is 2.76. The van der Waals surface area contributed by atoms with E-state index in [9.17, 15) is 4.79 Å². The third kappa shape index (κ3) is 3.84. The first-order valence-corrected chi connectivity index (χ1v) is 5.83. The fourth-order valence-electron chi connectivity index (χ4n) is 1.55. The summed E-state index contributed by atoms with van der Waals surface area (Å²) in [4.78, 5) is 12.0. The number of aryl methyl sites for hydroxylation is 2. The molecule has 1 heterocycles. The molecular weight excluding hydrogens is 343 g/mol. The third-order valence-electron chi connectivity index (χ3n) is 2.45. The van der Waals surface area contributed by atoms with Gasteiger partial charge in [-0.1, -0.05) is 24.6 Å². The zero-order chi connectivity index (χ0) is 13.1. The molecule has 2 aromatic rings. The maximum atomic E-state index is 12.0. The molecule has 0 aliphatic rings. The van der Waals surface area contributed by atoms with Gasteiger partial charge in [-0.05, 0) is 5.16 Å². The summed E-state index contributed by atoms with van der Waals surface area (Å²) in [6.45, 7) is 3.74. The van der Waals surface area contributed by atoms with Crippen LogP contribution >= 0.6 is 11.6 Å². The van der Waals surface area contributed by atoms with Crippen LogP contribution in [0.25, 0.3) is 0 Å². The summed E-state index contributed by atoms with van der Waals surface area (Å²) in [5, 5.41) is 9.77. The molecule has 0 saturated carbocycles. The van der Waals surface area contributed by atoms with Crippen molar-refractivity contribution >= 4 is 23.3 Å². The van der Waals surface area contributed by atoms with Crippen LogP contribution in [0.2, 0.25) is 0 Å². The molecule has 1 aromatic heterocycles. The molecule has 0 saturated heterocycles. The number of carbonyl (C=O) groups excluding carboxylic acids is 1. The van der Waals surface area contributed by atoms with E-state index in [1.165, 1.54) is 0 Å². The minimum Gasteiger partial charge on any atom is -0.313 e. The number of amides is 1. The maximum absolute atomic E-state index is 12.0. The summed E-state index contributed by atoms with van der Waals surface area (Å²) in [6, 6.07) is 6.65. The van der Waals surface area contributed by atoms with Gasteiger partial charge in [0.1, 0.15) is 5.69 Å². The van der Waals surface area contributed by atoms with Crippen molar-refractivity contribution < 1.29 is 42.1 Å². The summed E-state index contributed by atoms with van der Waals surface area (Å²) in [7, 11) is 0. The molecule has 0 unspecified atom stereocenters. The van der Waals surface area contributed by atoms with E-state index in [2.05, 4.69) is 26.3 Å². The zero-order valence-electron chi connectivity index (χ0n) is 10.5. The number of carbonyl (C=O) groups is 1. The third-order valence-corrected chi connectivity index (χ3v) is 2.70. The molecule has 0 fully saturated rings. The topological polar surface area (TPSA) is 68.0 Å². The molecule has 97 valence electrons. The molecule has 1 amide bonds. The Hall–Kier alpha value is -0.776. The normalized spacial score (nSPS) is 9.84. The van der Waals surface area contributed by atoms with Gasteiger partial charge in [-0.15, -0.1) is 11.6 Å². The second-order valence-corrected chi connectivity index (χ2v) is 4.09. The van der Waals surface area contributed by atoms with E-state index in [0.29, 0.717) is 11.3 Å². The first-order chi connectivity index (χ1) is 8.61. The second kappa shape index (κ2) is 7.13. The average molecular weight is 354 g/mol. The number of halogens is 1. The van der Waals surface area contributed by atoms with Gasteiger partial charge in [0.2, 0.25) is 11.7 Å². The van der Waals surface area contributed by atoms with Gasteiger partial charge < -0.3 is 5.32 Å². The van der Waals surface area contributed by atoms with Crippen molar-refractivity contribution in [2.24, 2.45) is 0 Å². The molecule has 0 aliphatic heterocycles. The molecule has 1 radical (unpaired) electrons. The molecular formula is C12H11ClN3O2Y-. The van der Waals surface area contributed by atoms with Crippen LogP contribution < -0.4 is 5.32 Å². The van der Waals surface area contributed by atoms with Crippen molar-refractivity contribution in [1.82, 2.24) is 10.3 Å². The molecule has 2 rings (SSSR count). The van der Waals surface area contributed by atoms with Crippen LogP contribution in [0.3, 0.4) is 0 Å². The first-order valence-electron chi connectivity index (χ1n) is 5.30. The molecule has 0 spiro atoms. The molecule has 0 aliphatic carbocycles. The largest absolute Gasteiger partial charge is 0.313 e. The summed E-state index contributed by atoms with van der Waals surface area (Å²) >= 11 is 5.63. The summed E-state index contributed by atoms with van der Waals surface area (Å²) in [5.41, 5.74) is 2.69. The van der Waals surface area contributed by atoms with Crippen LogP contribution in [-0.4, -0.2) is 16.2 Å². The van der Waals surface area contributed by atoms with Crippen LogP contribution in [0.4, 0.5) is 5.82 Å². The van der Waals surface area contributed by atoms with Crippen LogP contribution in [0.1, 0.15) is 27.2 Å². The van der Waals surface area contributed by atoms with Crippen LogP contribution in [0, 0.1) is 19.9 Å². The number of aromatic nitrogens is 2. The minimum atomic E-state index is -0.286. The van der Waals surface area contributed by atoms with E-state index in [4.69, 9.17) is 11.6 Å². The monoisotopic (exact) mass is 353 g/mol. The Morgan fingerprint density at radius 2 is 2.16 bits per heavy atom. The van der Waals surface area contributed by atoms with Gasteiger partial charge in [-0.3, -0.25) is 4.79 Å². The van der Waals surface area contributed by atoms with Crippen LogP contribution in [0.5, 0.6) is 0 Å². The maximum Gasteiger partial charge on any atom is 0.201 e. The number of alkyl halides is 1. The molecule has 7 heteroatoms. The zero-order valence-corrected chi connectivity index (χ0v) is 14.1. The first kappa shape index (κ1) is 16.3. The Kier molecular flexibility index (Phi) is 6.10. The fourth-order valence-corrected chi connectivity index (χ4v) is 1.72. The number of nitrogens with one attached hydrogen (secondary N) is 1. The molecule has 0 bridgehead atoms. The Morgan fingerprint density at radius 1 is 1.42 bits per heavy atom. The molecule has 19 heavy (non-hydrogen) atoms. The minimum absolute atomic E-state index is 0. The van der Waals surface area contributed by atoms with Crippen molar-refractivity contribution in [1.29, 1.82) is 0 Å². The van der Waals surface area contributed by atoms with Gasteiger partial charge in [-0.25, -0.2) is 4.63 Å². The summed E-state index contributed by atoms with van der Waals surface area (Å²) in [5.74, 6) is 0.0822. The van der Waals surface area contributed by atoms with Gasteiger partial charge in [0.05, 0.1) is 5.88 Å². The molecule has 5 nitrogen and oxygen atoms in total. The van der Waals surface area contributed by atoms with E-state index in [1.807, 2.05) is 19.9 Å². The van der Waals surface area contributed by atoms with Crippen molar-refractivity contribution in [3.63, 3.8) is 0 Å². The Morgan fingerprint density at radius 3 is 2.79 bits per heavy atom. The number of hydrogen-bond donors (Lipinski definition) is 1. The summed E-state index contributed by atoms with van der Waals surface area (Å²) in [6.07, 6.45) is 0. The van der Waals surface area contributed by atoms with Crippen molar-refractivity contribution in [3.8, 4) is 0 Å². The molecule has 0 atom stereocenters. The van der Waals surface area contributed by atoms with E-state index in [-0.39, 0.29) is 50.3 Å².